The number of methoxy groups -OCH3 is 1. The summed E-state index contributed by atoms with van der Waals surface area (Å²) in [6.45, 7) is 2.05. The lowest BCUT2D eigenvalue weighted by Crippen LogP contribution is -2.50. The molecule has 0 saturated carbocycles. The Labute approximate surface area is 180 Å². The molecule has 1 saturated heterocycles. The molecule has 3 atom stereocenters. The van der Waals surface area contributed by atoms with Crippen molar-refractivity contribution in [3.8, 4) is 0 Å². The van der Waals surface area contributed by atoms with E-state index in [1.54, 1.807) is 0 Å². The Kier molecular flexibility index (Phi) is 5.09. The van der Waals surface area contributed by atoms with E-state index >= 15 is 0 Å². The first-order valence-corrected chi connectivity index (χ1v) is 11.3. The Bertz CT molecular complexity index is 944. The summed E-state index contributed by atoms with van der Waals surface area (Å²) in [4.78, 5) is 15.3. The monoisotopic (exact) mass is 451 g/mol. The highest BCUT2D eigenvalue weighted by atomic mass is 79.9. The van der Waals surface area contributed by atoms with Crippen molar-refractivity contribution in [2.24, 2.45) is 11.8 Å². The second kappa shape index (κ2) is 7.73. The summed E-state index contributed by atoms with van der Waals surface area (Å²) >= 11 is 3.74. The van der Waals surface area contributed by atoms with E-state index in [1.165, 1.54) is 23.8 Å². The van der Waals surface area contributed by atoms with Gasteiger partial charge in [-0.05, 0) is 47.9 Å². The number of carbonyl (C=O) groups is 1. The normalized spacial score (nSPS) is 26.7. The van der Waals surface area contributed by atoms with E-state index in [0.717, 1.165) is 42.4 Å². The summed E-state index contributed by atoms with van der Waals surface area (Å²) in [7, 11) is 1.50. The average molecular weight is 452 g/mol. The van der Waals surface area contributed by atoms with Crippen molar-refractivity contribution in [3.05, 3.63) is 81.3 Å². The van der Waals surface area contributed by atoms with Gasteiger partial charge in [-0.2, -0.15) is 0 Å². The van der Waals surface area contributed by atoms with E-state index in [0.29, 0.717) is 12.0 Å². The predicted octanol–water partition coefficient (Wildman–Crippen LogP) is 4.75. The van der Waals surface area contributed by atoms with E-state index in [2.05, 4.69) is 69.4 Å². The van der Waals surface area contributed by atoms with Gasteiger partial charge >= 0.3 is 5.97 Å². The molecule has 2 aromatic carbocycles. The van der Waals surface area contributed by atoms with Gasteiger partial charge in [0.25, 0.3) is 0 Å². The molecule has 2 aromatic rings. The molecule has 0 amide bonds. The fourth-order valence-electron chi connectivity index (χ4n) is 5.66. The van der Waals surface area contributed by atoms with Gasteiger partial charge in [0.15, 0.2) is 0 Å². The summed E-state index contributed by atoms with van der Waals surface area (Å²) in [5, 5.41) is 0. The van der Waals surface area contributed by atoms with Crippen LogP contribution in [0.5, 0.6) is 0 Å². The zero-order chi connectivity index (χ0) is 20.0. The number of piperidine rings is 1. The van der Waals surface area contributed by atoms with Crippen LogP contribution in [-0.2, 0) is 22.4 Å². The Morgan fingerprint density at radius 3 is 2.41 bits per heavy atom. The number of esters is 1. The van der Waals surface area contributed by atoms with Crippen molar-refractivity contribution in [1.82, 2.24) is 4.90 Å². The van der Waals surface area contributed by atoms with Crippen LogP contribution in [0.1, 0.15) is 29.0 Å². The van der Waals surface area contributed by atoms with Gasteiger partial charge < -0.3 is 4.74 Å². The minimum atomic E-state index is -0.165. The summed E-state index contributed by atoms with van der Waals surface area (Å²) in [5.41, 5.74) is 5.11. The topological polar surface area (TPSA) is 29.5 Å². The molecule has 1 fully saturated rings. The van der Waals surface area contributed by atoms with Crippen molar-refractivity contribution in [1.29, 1.82) is 0 Å². The lowest BCUT2D eigenvalue weighted by Gasteiger charge is -2.46. The number of likely N-dealkylation sites (tertiary alicyclic amines) is 1. The van der Waals surface area contributed by atoms with Crippen LogP contribution in [0.3, 0.4) is 0 Å². The molecule has 0 aromatic heterocycles. The summed E-state index contributed by atoms with van der Waals surface area (Å²) in [5.74, 6) is 0.859. The maximum absolute atomic E-state index is 12.6. The lowest BCUT2D eigenvalue weighted by atomic mass is 9.69. The minimum absolute atomic E-state index is 0.165. The Morgan fingerprint density at radius 1 is 1.03 bits per heavy atom. The van der Waals surface area contributed by atoms with Crippen LogP contribution >= 0.6 is 15.9 Å². The van der Waals surface area contributed by atoms with Gasteiger partial charge in [0.05, 0.1) is 7.11 Å². The van der Waals surface area contributed by atoms with Gasteiger partial charge in [0, 0.05) is 41.0 Å². The largest absolute Gasteiger partial charge is 0.466 e. The van der Waals surface area contributed by atoms with Crippen LogP contribution in [0, 0.1) is 11.8 Å². The molecule has 1 aliphatic heterocycles. The molecule has 3 aliphatic rings. The van der Waals surface area contributed by atoms with Crippen molar-refractivity contribution in [3.63, 3.8) is 0 Å². The van der Waals surface area contributed by atoms with E-state index < -0.39 is 0 Å². The number of halogens is 1. The number of nitrogens with zero attached hydrogens (tertiary/aromatic N) is 1. The third-order valence-corrected chi connectivity index (χ3v) is 7.77. The molecule has 0 unspecified atom stereocenters. The minimum Gasteiger partial charge on any atom is -0.466 e. The molecule has 1 heterocycles. The number of rotatable bonds is 3. The number of allylic oxidation sites excluding steroid dienone is 1. The van der Waals surface area contributed by atoms with Crippen molar-refractivity contribution >= 4 is 21.9 Å². The molecule has 3 nitrogen and oxygen atoms in total. The van der Waals surface area contributed by atoms with E-state index in [-0.39, 0.29) is 17.8 Å². The lowest BCUT2D eigenvalue weighted by molar-refractivity contribution is -0.137. The fraction of sp³-hybridized carbons (Fsp3) is 0.400. The van der Waals surface area contributed by atoms with Gasteiger partial charge in [-0.1, -0.05) is 64.5 Å². The number of ether oxygens (including phenoxy) is 1. The van der Waals surface area contributed by atoms with Crippen molar-refractivity contribution in [2.75, 3.05) is 20.2 Å². The van der Waals surface area contributed by atoms with Crippen LogP contribution in [-0.4, -0.2) is 37.1 Å². The van der Waals surface area contributed by atoms with Gasteiger partial charge in [-0.15, -0.1) is 0 Å². The Morgan fingerprint density at radius 2 is 1.72 bits per heavy atom. The molecule has 2 aliphatic carbocycles. The molecule has 0 radical (unpaired) electrons. The summed E-state index contributed by atoms with van der Waals surface area (Å²) in [6, 6.07) is 17.8. The van der Waals surface area contributed by atoms with Crippen LogP contribution < -0.4 is 0 Å². The highest BCUT2D eigenvalue weighted by molar-refractivity contribution is 9.10. The molecule has 2 bridgehead atoms. The molecular formula is C25H26BrNO2. The Balaban J connectivity index is 1.47. The number of benzene rings is 2. The maximum atomic E-state index is 12.6. The van der Waals surface area contributed by atoms with Gasteiger partial charge in [-0.25, -0.2) is 4.79 Å². The molecule has 0 N–H and O–H groups in total. The third-order valence-electron chi connectivity index (χ3n) is 7.05. The van der Waals surface area contributed by atoms with Gasteiger partial charge in [0.2, 0.25) is 0 Å². The van der Waals surface area contributed by atoms with E-state index in [4.69, 9.17) is 4.74 Å². The molecule has 150 valence electrons. The van der Waals surface area contributed by atoms with Crippen LogP contribution in [0.4, 0.5) is 0 Å². The molecule has 5 rings (SSSR count). The number of hydrogen-bond acceptors (Lipinski definition) is 3. The Hall–Kier alpha value is -1.91. The number of fused-ring (bicyclic) bond motifs is 3. The predicted molar refractivity (Wildman–Crippen MR) is 118 cm³/mol. The smallest absolute Gasteiger partial charge is 0.333 e. The highest BCUT2D eigenvalue weighted by Gasteiger charge is 2.43. The van der Waals surface area contributed by atoms with Crippen molar-refractivity contribution < 1.29 is 9.53 Å². The summed E-state index contributed by atoms with van der Waals surface area (Å²) < 4.78 is 6.29. The second-order valence-electron chi connectivity index (χ2n) is 8.64. The molecule has 0 spiro atoms. The average Bonchev–Trinajstić information content (AvgIpc) is 3.18. The molecular weight excluding hydrogens is 426 g/mol. The highest BCUT2D eigenvalue weighted by Crippen LogP contribution is 2.46. The fourth-order valence-corrected chi connectivity index (χ4v) is 6.21. The first-order valence-electron chi connectivity index (χ1n) is 10.5. The SMILES string of the molecule is COC(=O)C1=C[C@H](c2ccccc2Br)[C@H]2C[C@@H]1CN(C1Cc3ccccc3C1)C2. The number of hydrogen-bond donors (Lipinski definition) is 0. The van der Waals surface area contributed by atoms with Crippen LogP contribution in [0.15, 0.2) is 64.7 Å². The quantitative estimate of drug-likeness (QED) is 0.630. The van der Waals surface area contributed by atoms with Crippen LogP contribution in [0.2, 0.25) is 0 Å². The first-order chi connectivity index (χ1) is 14.1. The van der Waals surface area contributed by atoms with Crippen LogP contribution in [0.25, 0.3) is 0 Å². The number of carbonyl (C=O) groups excluding carboxylic acids is 1. The zero-order valence-electron chi connectivity index (χ0n) is 16.7. The second-order valence-corrected chi connectivity index (χ2v) is 9.49. The first kappa shape index (κ1) is 19.1. The maximum Gasteiger partial charge on any atom is 0.333 e. The molecule has 29 heavy (non-hydrogen) atoms. The van der Waals surface area contributed by atoms with Gasteiger partial charge in [0.1, 0.15) is 0 Å². The zero-order valence-corrected chi connectivity index (χ0v) is 18.3. The third kappa shape index (κ3) is 3.47. The van der Waals surface area contributed by atoms with E-state index in [9.17, 15) is 4.79 Å². The van der Waals surface area contributed by atoms with E-state index in [1.807, 2.05) is 6.07 Å². The summed E-state index contributed by atoms with van der Waals surface area (Å²) in [6.07, 6.45) is 5.49. The van der Waals surface area contributed by atoms with Crippen molar-refractivity contribution in [2.45, 2.75) is 31.2 Å². The standard InChI is InChI=1S/C25H26BrNO2/c1-29-25(28)23-13-22(21-8-4-5-9-24(21)26)18-10-19(23)15-27(14-18)20-11-16-6-2-3-7-17(16)12-20/h2-9,13,18-20,22H,10-12,14-15H2,1H3/t18-,19+,22-/m0/s1. The molecule has 4 heteroatoms. The van der Waals surface area contributed by atoms with Gasteiger partial charge in [-0.3, -0.25) is 4.90 Å².